The third kappa shape index (κ3) is 0.983. The Hall–Kier alpha value is -0.480. The average Bonchev–Trinajstić information content (AvgIpc) is 2.45. The molecule has 2 saturated heterocycles. The highest BCUT2D eigenvalue weighted by Crippen LogP contribution is 2.41. The Kier molecular flexibility index (Phi) is 1.88. The van der Waals surface area contributed by atoms with Crippen LogP contribution in [0.3, 0.4) is 0 Å². The highest BCUT2D eigenvalue weighted by molar-refractivity contribution is 8.01. The molecule has 0 aromatic carbocycles. The van der Waals surface area contributed by atoms with Gasteiger partial charge in [-0.15, -0.1) is 11.8 Å². The maximum absolute atomic E-state index is 11.4. The number of ether oxygens (including phenoxy) is 1. The molecular formula is C8H11NO2S. The van der Waals surface area contributed by atoms with E-state index in [1.165, 1.54) is 6.08 Å². The molecule has 2 aliphatic heterocycles. The number of carbonyl (C=O) groups is 1. The second-order valence-electron chi connectivity index (χ2n) is 2.98. The second kappa shape index (κ2) is 2.78. The molecule has 0 aliphatic carbocycles. The minimum Gasteiger partial charge on any atom is -0.375 e. The van der Waals surface area contributed by atoms with Crippen molar-refractivity contribution in [2.75, 3.05) is 25.5 Å². The summed E-state index contributed by atoms with van der Waals surface area (Å²) in [5.74, 6) is 1.05. The predicted molar refractivity (Wildman–Crippen MR) is 47.9 cm³/mol. The summed E-state index contributed by atoms with van der Waals surface area (Å²) in [5, 5.41) is 0. The quantitative estimate of drug-likeness (QED) is 0.556. The molecule has 1 spiro atoms. The van der Waals surface area contributed by atoms with Gasteiger partial charge in [-0.2, -0.15) is 0 Å². The number of hydrogen-bond donors (Lipinski definition) is 0. The number of hydrogen-bond acceptors (Lipinski definition) is 3. The van der Waals surface area contributed by atoms with E-state index >= 15 is 0 Å². The van der Waals surface area contributed by atoms with Gasteiger partial charge in [0, 0.05) is 12.3 Å². The lowest BCUT2D eigenvalue weighted by Crippen LogP contribution is -2.58. The summed E-state index contributed by atoms with van der Waals surface area (Å²) in [6.07, 6.45) is 1.38. The molecule has 4 heteroatoms. The van der Waals surface area contributed by atoms with Crippen LogP contribution in [0.1, 0.15) is 0 Å². The molecule has 0 atom stereocenters. The van der Waals surface area contributed by atoms with Gasteiger partial charge in [0.25, 0.3) is 0 Å². The Labute approximate surface area is 75.8 Å². The molecule has 0 N–H and O–H groups in total. The molecule has 0 unspecified atom stereocenters. The summed E-state index contributed by atoms with van der Waals surface area (Å²) in [6, 6.07) is 0. The van der Waals surface area contributed by atoms with E-state index < -0.39 is 0 Å². The number of carbonyl (C=O) groups excluding carboxylic acids is 1. The van der Waals surface area contributed by atoms with Crippen LogP contribution in [0.15, 0.2) is 12.7 Å². The first-order valence-electron chi connectivity index (χ1n) is 3.94. The van der Waals surface area contributed by atoms with Crippen molar-refractivity contribution in [1.29, 1.82) is 0 Å². The minimum absolute atomic E-state index is 0.0308. The molecule has 0 bridgehead atoms. The Morgan fingerprint density at radius 2 is 2.42 bits per heavy atom. The molecule has 2 heterocycles. The van der Waals surface area contributed by atoms with Crippen molar-refractivity contribution < 1.29 is 9.53 Å². The highest BCUT2D eigenvalue weighted by Gasteiger charge is 2.49. The molecule has 0 aromatic rings. The van der Waals surface area contributed by atoms with Crippen molar-refractivity contribution >= 4 is 17.7 Å². The molecule has 2 fully saturated rings. The van der Waals surface area contributed by atoms with E-state index in [0.717, 1.165) is 12.3 Å². The fourth-order valence-electron chi connectivity index (χ4n) is 1.55. The summed E-state index contributed by atoms with van der Waals surface area (Å²) < 4.78 is 5.14. The van der Waals surface area contributed by atoms with Gasteiger partial charge in [0.1, 0.15) is 4.87 Å². The molecule has 1 amide bonds. The number of thioether (sulfide) groups is 1. The fraction of sp³-hybridized carbons (Fsp3) is 0.625. The summed E-state index contributed by atoms with van der Waals surface area (Å²) in [5.41, 5.74) is 0. The van der Waals surface area contributed by atoms with Crippen LogP contribution in [-0.4, -0.2) is 41.2 Å². The maximum Gasteiger partial charge on any atom is 0.247 e. The lowest BCUT2D eigenvalue weighted by Gasteiger charge is -2.43. The zero-order chi connectivity index (χ0) is 8.60. The first-order valence-corrected chi connectivity index (χ1v) is 4.93. The third-order valence-corrected chi connectivity index (χ3v) is 3.65. The van der Waals surface area contributed by atoms with Crippen molar-refractivity contribution in [1.82, 2.24) is 4.90 Å². The molecule has 66 valence electrons. The Morgan fingerprint density at radius 3 is 2.92 bits per heavy atom. The molecule has 3 nitrogen and oxygen atoms in total. The van der Waals surface area contributed by atoms with Crippen molar-refractivity contribution in [2.24, 2.45) is 0 Å². The summed E-state index contributed by atoms with van der Waals surface area (Å²) >= 11 is 1.82. The van der Waals surface area contributed by atoms with Crippen LogP contribution in [0, 0.1) is 0 Å². The Bertz CT molecular complexity index is 225. The van der Waals surface area contributed by atoms with E-state index in [9.17, 15) is 4.79 Å². The largest absolute Gasteiger partial charge is 0.375 e. The van der Waals surface area contributed by atoms with Crippen LogP contribution >= 0.6 is 11.8 Å². The number of amides is 1. The van der Waals surface area contributed by atoms with E-state index in [2.05, 4.69) is 6.58 Å². The van der Waals surface area contributed by atoms with Crippen molar-refractivity contribution in [3.63, 3.8) is 0 Å². The SMILES string of the molecule is C=CC(=O)N1CCSC12COC2. The van der Waals surface area contributed by atoms with Crippen LogP contribution in [0.5, 0.6) is 0 Å². The van der Waals surface area contributed by atoms with Gasteiger partial charge >= 0.3 is 0 Å². The zero-order valence-corrected chi connectivity index (χ0v) is 7.60. The molecule has 0 saturated carbocycles. The summed E-state index contributed by atoms with van der Waals surface area (Å²) in [7, 11) is 0. The molecule has 2 aliphatic rings. The first kappa shape index (κ1) is 8.13. The molecule has 0 radical (unpaired) electrons. The van der Waals surface area contributed by atoms with Crippen LogP contribution in [0.4, 0.5) is 0 Å². The van der Waals surface area contributed by atoms with Crippen LogP contribution in [0.2, 0.25) is 0 Å². The monoisotopic (exact) mass is 185 g/mol. The van der Waals surface area contributed by atoms with Crippen LogP contribution in [0.25, 0.3) is 0 Å². The minimum atomic E-state index is -0.0364. The number of rotatable bonds is 1. The topological polar surface area (TPSA) is 29.5 Å². The van der Waals surface area contributed by atoms with Crippen molar-refractivity contribution in [2.45, 2.75) is 4.87 Å². The van der Waals surface area contributed by atoms with Gasteiger partial charge in [0.2, 0.25) is 5.91 Å². The highest BCUT2D eigenvalue weighted by atomic mass is 32.2. The van der Waals surface area contributed by atoms with Crippen LogP contribution in [-0.2, 0) is 9.53 Å². The fourth-order valence-corrected chi connectivity index (χ4v) is 2.87. The molecule has 12 heavy (non-hydrogen) atoms. The van der Waals surface area contributed by atoms with Gasteiger partial charge in [-0.1, -0.05) is 6.58 Å². The standard InChI is InChI=1S/C8H11NO2S/c1-2-7(10)9-3-4-12-8(9)5-11-6-8/h2H,1,3-6H2. The van der Waals surface area contributed by atoms with E-state index in [1.807, 2.05) is 16.7 Å². The van der Waals surface area contributed by atoms with E-state index in [-0.39, 0.29) is 10.8 Å². The van der Waals surface area contributed by atoms with E-state index in [0.29, 0.717) is 13.2 Å². The predicted octanol–water partition coefficient (Wildman–Crippen LogP) is 0.474. The molecule has 2 rings (SSSR count). The van der Waals surface area contributed by atoms with Crippen molar-refractivity contribution in [3.05, 3.63) is 12.7 Å². The van der Waals surface area contributed by atoms with E-state index in [1.54, 1.807) is 0 Å². The van der Waals surface area contributed by atoms with E-state index in [4.69, 9.17) is 4.74 Å². The summed E-state index contributed by atoms with van der Waals surface area (Å²) in [6.45, 7) is 5.68. The lowest BCUT2D eigenvalue weighted by molar-refractivity contribution is -0.141. The van der Waals surface area contributed by atoms with Crippen molar-refractivity contribution in [3.8, 4) is 0 Å². The third-order valence-electron chi connectivity index (χ3n) is 2.27. The van der Waals surface area contributed by atoms with Crippen LogP contribution < -0.4 is 0 Å². The zero-order valence-electron chi connectivity index (χ0n) is 6.78. The smallest absolute Gasteiger partial charge is 0.247 e. The first-order chi connectivity index (χ1) is 5.78. The van der Waals surface area contributed by atoms with Gasteiger partial charge in [-0.25, -0.2) is 0 Å². The number of nitrogens with zero attached hydrogens (tertiary/aromatic N) is 1. The summed E-state index contributed by atoms with van der Waals surface area (Å²) in [4.78, 5) is 13.2. The molecule has 0 aromatic heterocycles. The van der Waals surface area contributed by atoms with Gasteiger partial charge in [-0.3, -0.25) is 4.79 Å². The average molecular weight is 185 g/mol. The Balaban J connectivity index is 2.13. The normalized spacial score (nSPS) is 25.5. The maximum atomic E-state index is 11.4. The molecular weight excluding hydrogens is 174 g/mol. The lowest BCUT2D eigenvalue weighted by atomic mass is 10.2. The van der Waals surface area contributed by atoms with Gasteiger partial charge in [-0.05, 0) is 6.08 Å². The second-order valence-corrected chi connectivity index (χ2v) is 4.44. The van der Waals surface area contributed by atoms with Gasteiger partial charge < -0.3 is 9.64 Å². The van der Waals surface area contributed by atoms with Gasteiger partial charge in [0.15, 0.2) is 0 Å². The van der Waals surface area contributed by atoms with Gasteiger partial charge in [0.05, 0.1) is 13.2 Å². The Morgan fingerprint density at radius 1 is 1.67 bits per heavy atom.